The second-order valence-electron chi connectivity index (χ2n) is 7.41. The van der Waals surface area contributed by atoms with Gasteiger partial charge in [0.1, 0.15) is 11.6 Å². The van der Waals surface area contributed by atoms with Gasteiger partial charge in [0.2, 0.25) is 0 Å². The van der Waals surface area contributed by atoms with E-state index in [4.69, 9.17) is 14.6 Å². The van der Waals surface area contributed by atoms with E-state index in [0.717, 1.165) is 12.0 Å². The Morgan fingerprint density at radius 3 is 2.61 bits per heavy atom. The summed E-state index contributed by atoms with van der Waals surface area (Å²) in [5.74, 6) is 0.459. The van der Waals surface area contributed by atoms with E-state index < -0.39 is 17.2 Å². The molecular formula is C23H23N5O5. The molecule has 0 radical (unpaired) electrons. The van der Waals surface area contributed by atoms with Gasteiger partial charge in [-0.25, -0.2) is 9.78 Å². The van der Waals surface area contributed by atoms with Crippen LogP contribution in [0.3, 0.4) is 0 Å². The molecule has 0 unspecified atom stereocenters. The fourth-order valence-electron chi connectivity index (χ4n) is 3.48. The van der Waals surface area contributed by atoms with E-state index in [1.807, 2.05) is 6.92 Å². The third kappa shape index (κ3) is 4.49. The molecule has 0 spiro atoms. The molecule has 0 saturated carbocycles. The number of nitrogens with zero attached hydrogens (tertiary/aromatic N) is 3. The summed E-state index contributed by atoms with van der Waals surface area (Å²) in [4.78, 5) is 46.1. The molecule has 0 bridgehead atoms. The molecule has 0 atom stereocenters. The standard InChI is InChI=1S/C23H23N5O5/c1-2-3-10-27-20(24)19(21(29)26-23(27)31)28(13-17-5-4-11-32-17)22(30)16-8-6-15(7-9-16)18-12-25-14-33-18/h4-9,11-12,14H,2-3,10,13,24H2,1H3,(H,26,29,31). The van der Waals surface area contributed by atoms with Crippen molar-refractivity contribution in [2.24, 2.45) is 0 Å². The van der Waals surface area contributed by atoms with Gasteiger partial charge in [0.15, 0.2) is 17.8 Å². The van der Waals surface area contributed by atoms with E-state index in [2.05, 4.69) is 9.97 Å². The summed E-state index contributed by atoms with van der Waals surface area (Å²) in [5.41, 5.74) is 5.85. The van der Waals surface area contributed by atoms with Crippen molar-refractivity contribution in [1.82, 2.24) is 14.5 Å². The van der Waals surface area contributed by atoms with Crippen molar-refractivity contribution >= 4 is 17.4 Å². The third-order valence-corrected chi connectivity index (χ3v) is 5.21. The predicted octanol–water partition coefficient (Wildman–Crippen LogP) is 3.01. The van der Waals surface area contributed by atoms with Crippen LogP contribution in [-0.4, -0.2) is 20.4 Å². The second-order valence-corrected chi connectivity index (χ2v) is 7.41. The number of benzene rings is 1. The van der Waals surface area contributed by atoms with Crippen molar-refractivity contribution in [3.8, 4) is 11.3 Å². The van der Waals surface area contributed by atoms with Gasteiger partial charge in [0.05, 0.1) is 19.0 Å². The highest BCUT2D eigenvalue weighted by Gasteiger charge is 2.26. The van der Waals surface area contributed by atoms with Gasteiger partial charge >= 0.3 is 5.69 Å². The second kappa shape index (κ2) is 9.43. The fourth-order valence-corrected chi connectivity index (χ4v) is 3.48. The zero-order valence-corrected chi connectivity index (χ0v) is 18.0. The number of carbonyl (C=O) groups is 1. The minimum atomic E-state index is -0.747. The number of hydrogen-bond acceptors (Lipinski definition) is 7. The predicted molar refractivity (Wildman–Crippen MR) is 122 cm³/mol. The number of furan rings is 1. The van der Waals surface area contributed by atoms with Gasteiger partial charge in [0, 0.05) is 17.7 Å². The Labute approximate surface area is 188 Å². The first-order valence-corrected chi connectivity index (χ1v) is 10.5. The minimum Gasteiger partial charge on any atom is -0.467 e. The number of anilines is 2. The number of amides is 1. The Morgan fingerprint density at radius 1 is 1.18 bits per heavy atom. The van der Waals surface area contributed by atoms with Crippen molar-refractivity contribution in [1.29, 1.82) is 0 Å². The summed E-state index contributed by atoms with van der Waals surface area (Å²) in [6.07, 6.45) is 5.87. The molecule has 0 saturated heterocycles. The molecule has 170 valence electrons. The largest absolute Gasteiger partial charge is 0.467 e. The third-order valence-electron chi connectivity index (χ3n) is 5.21. The molecule has 10 heteroatoms. The van der Waals surface area contributed by atoms with Crippen LogP contribution in [0.4, 0.5) is 11.5 Å². The molecule has 0 aliphatic rings. The molecular weight excluding hydrogens is 426 g/mol. The Hall–Kier alpha value is -4.34. The van der Waals surface area contributed by atoms with Crippen LogP contribution in [0, 0.1) is 0 Å². The Bertz CT molecular complexity index is 1340. The Morgan fingerprint density at radius 2 is 1.97 bits per heavy atom. The van der Waals surface area contributed by atoms with E-state index in [9.17, 15) is 14.4 Å². The molecule has 3 N–H and O–H groups in total. The molecule has 1 aromatic carbocycles. The van der Waals surface area contributed by atoms with Crippen LogP contribution in [0.15, 0.2) is 73.7 Å². The summed E-state index contributed by atoms with van der Waals surface area (Å²) in [7, 11) is 0. The molecule has 4 aromatic rings. The number of carbonyl (C=O) groups excluding carboxylic acids is 1. The first kappa shape index (κ1) is 21.9. The molecule has 3 heterocycles. The summed E-state index contributed by atoms with van der Waals surface area (Å²) in [6, 6.07) is 10.0. The number of H-pyrrole nitrogens is 1. The van der Waals surface area contributed by atoms with Crippen LogP contribution >= 0.6 is 0 Å². The van der Waals surface area contributed by atoms with Crippen molar-refractivity contribution in [2.75, 3.05) is 10.6 Å². The molecule has 0 aliphatic carbocycles. The van der Waals surface area contributed by atoms with Crippen LogP contribution in [0.1, 0.15) is 35.9 Å². The summed E-state index contributed by atoms with van der Waals surface area (Å²) >= 11 is 0. The Kier molecular flexibility index (Phi) is 6.25. The van der Waals surface area contributed by atoms with E-state index in [-0.39, 0.29) is 18.1 Å². The van der Waals surface area contributed by atoms with Gasteiger partial charge in [-0.2, -0.15) is 0 Å². The lowest BCUT2D eigenvalue weighted by atomic mass is 10.1. The average molecular weight is 449 g/mol. The minimum absolute atomic E-state index is 0.0467. The van der Waals surface area contributed by atoms with E-state index in [0.29, 0.717) is 30.0 Å². The van der Waals surface area contributed by atoms with Gasteiger partial charge in [-0.05, 0) is 30.7 Å². The Balaban J connectivity index is 1.77. The highest BCUT2D eigenvalue weighted by Crippen LogP contribution is 2.24. The molecule has 33 heavy (non-hydrogen) atoms. The van der Waals surface area contributed by atoms with Crippen molar-refractivity contribution < 1.29 is 13.6 Å². The first-order chi connectivity index (χ1) is 16.0. The maximum Gasteiger partial charge on any atom is 0.330 e. The molecule has 4 rings (SSSR count). The molecule has 3 aromatic heterocycles. The van der Waals surface area contributed by atoms with Crippen LogP contribution in [0.25, 0.3) is 11.3 Å². The van der Waals surface area contributed by atoms with Gasteiger partial charge in [-0.1, -0.05) is 25.5 Å². The zero-order valence-electron chi connectivity index (χ0n) is 18.0. The van der Waals surface area contributed by atoms with Crippen LogP contribution in [0.2, 0.25) is 0 Å². The van der Waals surface area contributed by atoms with Gasteiger partial charge in [0.25, 0.3) is 11.5 Å². The van der Waals surface area contributed by atoms with Gasteiger partial charge in [-0.15, -0.1) is 0 Å². The van der Waals surface area contributed by atoms with E-state index in [1.165, 1.54) is 22.1 Å². The topological polar surface area (TPSA) is 140 Å². The number of nitrogens with two attached hydrogens (primary N) is 1. The number of aromatic amines is 1. The lowest BCUT2D eigenvalue weighted by molar-refractivity contribution is 0.0983. The smallest absolute Gasteiger partial charge is 0.330 e. The number of hydrogen-bond donors (Lipinski definition) is 2. The van der Waals surface area contributed by atoms with Crippen molar-refractivity contribution in [3.63, 3.8) is 0 Å². The summed E-state index contributed by atoms with van der Waals surface area (Å²) in [5, 5.41) is 0. The van der Waals surface area contributed by atoms with Gasteiger partial charge < -0.3 is 14.6 Å². The monoisotopic (exact) mass is 449 g/mol. The fraction of sp³-hybridized carbons (Fsp3) is 0.217. The van der Waals surface area contributed by atoms with E-state index >= 15 is 0 Å². The number of rotatable bonds is 8. The van der Waals surface area contributed by atoms with Crippen molar-refractivity contribution in [2.45, 2.75) is 32.9 Å². The highest BCUT2D eigenvalue weighted by atomic mass is 16.3. The lowest BCUT2D eigenvalue weighted by Gasteiger charge is -2.24. The number of oxazole rings is 1. The summed E-state index contributed by atoms with van der Waals surface area (Å²) in [6.45, 7) is 2.25. The first-order valence-electron chi connectivity index (χ1n) is 10.5. The van der Waals surface area contributed by atoms with E-state index in [1.54, 1.807) is 42.6 Å². The van der Waals surface area contributed by atoms with Crippen LogP contribution < -0.4 is 21.9 Å². The maximum atomic E-state index is 13.5. The average Bonchev–Trinajstić information content (AvgIpc) is 3.52. The maximum absolute atomic E-state index is 13.5. The normalized spacial score (nSPS) is 10.9. The quantitative estimate of drug-likeness (QED) is 0.421. The number of aromatic nitrogens is 3. The van der Waals surface area contributed by atoms with Gasteiger partial charge in [-0.3, -0.25) is 24.0 Å². The van der Waals surface area contributed by atoms with Crippen molar-refractivity contribution in [3.05, 3.63) is 87.4 Å². The van der Waals surface area contributed by atoms with Crippen LogP contribution in [0.5, 0.6) is 0 Å². The van der Waals surface area contributed by atoms with Crippen LogP contribution in [-0.2, 0) is 13.1 Å². The lowest BCUT2D eigenvalue weighted by Crippen LogP contribution is -2.41. The highest BCUT2D eigenvalue weighted by molar-refractivity contribution is 6.07. The molecule has 1 amide bonds. The molecule has 0 aliphatic heterocycles. The molecule has 10 nitrogen and oxygen atoms in total. The summed E-state index contributed by atoms with van der Waals surface area (Å²) < 4.78 is 12.0. The zero-order chi connectivity index (χ0) is 23.4. The molecule has 0 fully saturated rings. The SMILES string of the molecule is CCCCn1c(N)c(N(Cc2ccco2)C(=O)c2ccc(-c3cnco3)cc2)c(=O)[nH]c1=O. The number of nitrogen functional groups attached to an aromatic ring is 1. The number of nitrogens with one attached hydrogen (secondary N) is 1. The number of unbranched alkanes of at least 4 members (excludes halogenated alkanes) is 1.